The van der Waals surface area contributed by atoms with Crippen molar-refractivity contribution in [2.75, 3.05) is 19.8 Å². The van der Waals surface area contributed by atoms with Crippen LogP contribution in [0.25, 0.3) is 0 Å². The monoisotopic (exact) mass is 449 g/mol. The summed E-state index contributed by atoms with van der Waals surface area (Å²) in [5, 5.41) is 2.77. The van der Waals surface area contributed by atoms with E-state index < -0.39 is 23.5 Å². The van der Waals surface area contributed by atoms with Gasteiger partial charge in [0.05, 0.1) is 25.9 Å². The summed E-state index contributed by atoms with van der Waals surface area (Å²) in [7, 11) is 0. The third-order valence-corrected chi connectivity index (χ3v) is 5.63. The molecule has 1 aromatic carbocycles. The van der Waals surface area contributed by atoms with E-state index >= 15 is 0 Å². The van der Waals surface area contributed by atoms with Crippen molar-refractivity contribution in [1.82, 2.24) is 5.32 Å². The van der Waals surface area contributed by atoms with Crippen LogP contribution in [0, 0.1) is 6.92 Å². The molecule has 1 saturated carbocycles. The van der Waals surface area contributed by atoms with Crippen LogP contribution >= 0.6 is 0 Å². The van der Waals surface area contributed by atoms with Crippen LogP contribution in [0.15, 0.2) is 12.1 Å². The van der Waals surface area contributed by atoms with Crippen LogP contribution in [0.3, 0.4) is 0 Å². The summed E-state index contributed by atoms with van der Waals surface area (Å²) < 4.78 is 28.5. The van der Waals surface area contributed by atoms with Crippen molar-refractivity contribution in [3.05, 3.63) is 28.8 Å². The minimum atomic E-state index is -0.577. The maximum Gasteiger partial charge on any atom is 0.407 e. The largest absolute Gasteiger partial charge is 0.489 e. The highest BCUT2D eigenvalue weighted by atomic mass is 16.7. The Labute approximate surface area is 189 Å². The number of carbonyl (C=O) groups excluding carboxylic acids is 2. The number of nitrogens with one attached hydrogen (secondary N) is 1. The summed E-state index contributed by atoms with van der Waals surface area (Å²) in [6, 6.07) is 3.50. The molecule has 1 aromatic rings. The minimum absolute atomic E-state index is 0.0608. The second-order valence-corrected chi connectivity index (χ2v) is 9.23. The second-order valence-electron chi connectivity index (χ2n) is 9.23. The first-order chi connectivity index (χ1) is 15.1. The van der Waals surface area contributed by atoms with Crippen molar-refractivity contribution in [2.45, 2.75) is 84.3 Å². The Hall–Kier alpha value is -2.32. The van der Waals surface area contributed by atoms with E-state index in [2.05, 4.69) is 5.32 Å². The Morgan fingerprint density at radius 2 is 1.81 bits per heavy atom. The summed E-state index contributed by atoms with van der Waals surface area (Å²) in [6.45, 7) is 10.9. The summed E-state index contributed by atoms with van der Waals surface area (Å²) in [5.74, 6) is -0.397. The van der Waals surface area contributed by atoms with Crippen molar-refractivity contribution in [3.8, 4) is 5.75 Å². The number of esters is 1. The molecule has 1 amide bonds. The fourth-order valence-electron chi connectivity index (χ4n) is 4.03. The molecule has 32 heavy (non-hydrogen) atoms. The summed E-state index contributed by atoms with van der Waals surface area (Å²) >= 11 is 0. The lowest BCUT2D eigenvalue weighted by Gasteiger charge is -2.35. The van der Waals surface area contributed by atoms with Crippen LogP contribution in [0.5, 0.6) is 5.75 Å². The van der Waals surface area contributed by atoms with Gasteiger partial charge in [-0.15, -0.1) is 0 Å². The Morgan fingerprint density at radius 1 is 1.16 bits per heavy atom. The molecule has 0 bridgehead atoms. The number of rotatable bonds is 6. The molecule has 1 heterocycles. The normalized spacial score (nSPS) is 18.4. The Morgan fingerprint density at radius 3 is 2.41 bits per heavy atom. The van der Waals surface area contributed by atoms with Gasteiger partial charge >= 0.3 is 12.1 Å². The smallest absolute Gasteiger partial charge is 0.407 e. The van der Waals surface area contributed by atoms with E-state index in [1.165, 1.54) is 0 Å². The Balaban J connectivity index is 1.74. The van der Waals surface area contributed by atoms with E-state index in [4.69, 9.17) is 23.7 Å². The van der Waals surface area contributed by atoms with Crippen LogP contribution < -0.4 is 10.1 Å². The van der Waals surface area contributed by atoms with Gasteiger partial charge in [-0.2, -0.15) is 0 Å². The molecule has 2 fully saturated rings. The lowest BCUT2D eigenvalue weighted by atomic mass is 9.91. The van der Waals surface area contributed by atoms with Gasteiger partial charge in [0.1, 0.15) is 16.9 Å². The first-order valence-electron chi connectivity index (χ1n) is 11.3. The standard InChI is InChI=1S/C24H35NO7/c1-6-28-21(26)19-8-7-17(15-25-22(27)32-23(3,4)5)16(2)20(19)31-18-9-11-24(12-10-18)29-13-14-30-24/h7-8,18H,6,9-15H2,1-5H3,(H,25,27). The zero-order valence-corrected chi connectivity index (χ0v) is 19.7. The van der Waals surface area contributed by atoms with E-state index in [1.54, 1.807) is 13.0 Å². The predicted octanol–water partition coefficient (Wildman–Crippen LogP) is 4.26. The number of amides is 1. The average Bonchev–Trinajstić information content (AvgIpc) is 3.17. The van der Waals surface area contributed by atoms with Gasteiger partial charge in [0.2, 0.25) is 0 Å². The first-order valence-corrected chi connectivity index (χ1v) is 11.3. The molecule has 1 saturated heterocycles. The Kier molecular flexibility index (Phi) is 7.67. The van der Waals surface area contributed by atoms with E-state index in [0.717, 1.165) is 36.8 Å². The third-order valence-electron chi connectivity index (χ3n) is 5.63. The molecule has 0 radical (unpaired) electrons. The third kappa shape index (κ3) is 6.13. The maximum atomic E-state index is 12.6. The van der Waals surface area contributed by atoms with Gasteiger partial charge in [0.25, 0.3) is 0 Å². The van der Waals surface area contributed by atoms with Crippen LogP contribution in [-0.2, 0) is 25.5 Å². The van der Waals surface area contributed by atoms with Gasteiger partial charge in [-0.3, -0.25) is 0 Å². The number of alkyl carbamates (subject to hydrolysis) is 1. The fourth-order valence-corrected chi connectivity index (χ4v) is 4.03. The highest BCUT2D eigenvalue weighted by Gasteiger charge is 2.41. The zero-order valence-electron chi connectivity index (χ0n) is 19.7. The van der Waals surface area contributed by atoms with E-state index in [1.807, 2.05) is 33.8 Å². The van der Waals surface area contributed by atoms with Crippen LogP contribution in [0.2, 0.25) is 0 Å². The molecule has 1 N–H and O–H groups in total. The van der Waals surface area contributed by atoms with E-state index in [0.29, 0.717) is 24.5 Å². The molecule has 8 nitrogen and oxygen atoms in total. The Bertz CT molecular complexity index is 814. The van der Waals surface area contributed by atoms with Gasteiger partial charge in [-0.25, -0.2) is 9.59 Å². The van der Waals surface area contributed by atoms with Crippen LogP contribution in [0.1, 0.15) is 74.9 Å². The highest BCUT2D eigenvalue weighted by Crippen LogP contribution is 2.38. The van der Waals surface area contributed by atoms with Crippen LogP contribution in [0.4, 0.5) is 4.79 Å². The molecule has 1 aliphatic carbocycles. The molecule has 0 atom stereocenters. The minimum Gasteiger partial charge on any atom is -0.489 e. The number of hydrogen-bond donors (Lipinski definition) is 1. The highest BCUT2D eigenvalue weighted by molar-refractivity contribution is 5.93. The maximum absolute atomic E-state index is 12.6. The molecule has 0 aromatic heterocycles. The number of hydrogen-bond acceptors (Lipinski definition) is 7. The number of benzene rings is 1. The lowest BCUT2D eigenvalue weighted by molar-refractivity contribution is -0.186. The fraction of sp³-hybridized carbons (Fsp3) is 0.667. The molecular weight excluding hydrogens is 414 g/mol. The van der Waals surface area contributed by atoms with Crippen LogP contribution in [-0.4, -0.2) is 49.4 Å². The van der Waals surface area contributed by atoms with E-state index in [9.17, 15) is 9.59 Å². The number of ether oxygens (including phenoxy) is 5. The summed E-state index contributed by atoms with van der Waals surface area (Å²) in [4.78, 5) is 24.6. The van der Waals surface area contributed by atoms with E-state index in [-0.39, 0.29) is 19.3 Å². The molecule has 178 valence electrons. The van der Waals surface area contributed by atoms with Crippen molar-refractivity contribution in [1.29, 1.82) is 0 Å². The molecule has 1 aliphatic heterocycles. The van der Waals surface area contributed by atoms with Gasteiger partial charge in [0.15, 0.2) is 5.79 Å². The molecular formula is C24H35NO7. The van der Waals surface area contributed by atoms with Gasteiger partial charge < -0.3 is 29.0 Å². The molecule has 1 spiro atoms. The number of carbonyl (C=O) groups is 2. The molecule has 3 rings (SSSR count). The molecule has 2 aliphatic rings. The van der Waals surface area contributed by atoms with Gasteiger partial charge in [-0.05, 0) is 64.7 Å². The van der Waals surface area contributed by atoms with Crippen molar-refractivity contribution >= 4 is 12.1 Å². The quantitative estimate of drug-likeness (QED) is 0.649. The average molecular weight is 450 g/mol. The van der Waals surface area contributed by atoms with Gasteiger partial charge in [0, 0.05) is 19.4 Å². The zero-order chi connectivity index (χ0) is 23.4. The predicted molar refractivity (Wildman–Crippen MR) is 118 cm³/mol. The molecule has 0 unspecified atom stereocenters. The molecule has 8 heteroatoms. The first kappa shape index (κ1) is 24.3. The van der Waals surface area contributed by atoms with Crippen molar-refractivity contribution in [2.24, 2.45) is 0 Å². The van der Waals surface area contributed by atoms with Crippen molar-refractivity contribution in [3.63, 3.8) is 0 Å². The SMILES string of the molecule is CCOC(=O)c1ccc(CNC(=O)OC(C)(C)C)c(C)c1OC1CCC2(CC1)OCCO2. The second kappa shape index (κ2) is 10.1. The topological polar surface area (TPSA) is 92.3 Å². The summed E-state index contributed by atoms with van der Waals surface area (Å²) in [5.41, 5.74) is 1.44. The summed E-state index contributed by atoms with van der Waals surface area (Å²) in [6.07, 6.45) is 2.48. The van der Waals surface area contributed by atoms with Gasteiger partial charge in [-0.1, -0.05) is 6.07 Å². The van der Waals surface area contributed by atoms with Crippen molar-refractivity contribution < 1.29 is 33.3 Å². The lowest BCUT2D eigenvalue weighted by Crippen LogP contribution is -2.38.